The number of rotatable bonds is 0. The van der Waals surface area contributed by atoms with Crippen molar-refractivity contribution in [3.63, 3.8) is 0 Å². The van der Waals surface area contributed by atoms with E-state index < -0.39 is 0 Å². The average molecular weight is 204 g/mol. The molecule has 2 nitrogen and oxygen atoms in total. The van der Waals surface area contributed by atoms with Gasteiger partial charge in [0.15, 0.2) is 0 Å². The first-order valence-corrected chi connectivity index (χ1v) is 5.28. The van der Waals surface area contributed by atoms with Gasteiger partial charge in [0.25, 0.3) is 0 Å². The minimum absolute atomic E-state index is 0.167. The van der Waals surface area contributed by atoms with Gasteiger partial charge in [0.2, 0.25) is 0 Å². The molecule has 0 spiro atoms. The molecule has 0 aliphatic heterocycles. The Morgan fingerprint density at radius 1 is 1.40 bits per heavy atom. The predicted octanol–water partition coefficient (Wildman–Crippen LogP) is 2.12. The molecule has 15 heavy (non-hydrogen) atoms. The summed E-state index contributed by atoms with van der Waals surface area (Å²) in [6, 6.07) is 5.15. The number of aryl methyl sites for hydroxylation is 1. The number of nitrogens with one attached hydrogen (secondary N) is 1. The van der Waals surface area contributed by atoms with E-state index in [4.69, 9.17) is 5.73 Å². The van der Waals surface area contributed by atoms with Gasteiger partial charge in [0.1, 0.15) is 5.82 Å². The number of aromatic nitrogens is 1. The van der Waals surface area contributed by atoms with Crippen LogP contribution < -0.4 is 5.73 Å². The zero-order valence-corrected chi connectivity index (χ0v) is 8.39. The molecule has 0 unspecified atom stereocenters. The van der Waals surface area contributed by atoms with Crippen LogP contribution in [0.15, 0.2) is 18.2 Å². The second-order valence-electron chi connectivity index (χ2n) is 4.27. The lowest BCUT2D eigenvalue weighted by Crippen LogP contribution is -2.27. The molecular weight excluding hydrogens is 191 g/mol. The molecule has 2 aromatic rings. The van der Waals surface area contributed by atoms with Crippen LogP contribution in [0.3, 0.4) is 0 Å². The van der Waals surface area contributed by atoms with E-state index in [9.17, 15) is 4.39 Å². The Labute approximate surface area is 87.3 Å². The first-order chi connectivity index (χ1) is 7.24. The van der Waals surface area contributed by atoms with Gasteiger partial charge in [-0.25, -0.2) is 4.39 Å². The second-order valence-corrected chi connectivity index (χ2v) is 4.27. The van der Waals surface area contributed by atoms with Crippen LogP contribution in [-0.2, 0) is 12.8 Å². The first-order valence-electron chi connectivity index (χ1n) is 5.28. The van der Waals surface area contributed by atoms with Crippen molar-refractivity contribution in [2.45, 2.75) is 25.3 Å². The van der Waals surface area contributed by atoms with Crippen molar-refractivity contribution in [2.24, 2.45) is 5.73 Å². The van der Waals surface area contributed by atoms with Crippen molar-refractivity contribution in [2.75, 3.05) is 0 Å². The summed E-state index contributed by atoms with van der Waals surface area (Å²) in [5.74, 6) is -0.167. The summed E-state index contributed by atoms with van der Waals surface area (Å²) in [6.45, 7) is 0. The Balaban J connectivity index is 2.24. The molecule has 1 aromatic heterocycles. The van der Waals surface area contributed by atoms with Gasteiger partial charge < -0.3 is 10.7 Å². The zero-order valence-electron chi connectivity index (χ0n) is 8.39. The lowest BCUT2D eigenvalue weighted by Gasteiger charge is -2.17. The number of nitrogens with two attached hydrogens (primary N) is 1. The van der Waals surface area contributed by atoms with E-state index in [1.165, 1.54) is 17.3 Å². The van der Waals surface area contributed by atoms with Crippen LogP contribution in [0.1, 0.15) is 17.7 Å². The SMILES string of the molecule is N[C@@H]1CCc2c([nH]c3ccc(F)cc23)C1. The molecule has 1 aliphatic rings. The molecule has 3 heteroatoms. The smallest absolute Gasteiger partial charge is 0.123 e. The Bertz CT molecular complexity index is 516. The summed E-state index contributed by atoms with van der Waals surface area (Å²) < 4.78 is 13.1. The van der Waals surface area contributed by atoms with Gasteiger partial charge in [0, 0.05) is 29.1 Å². The van der Waals surface area contributed by atoms with Crippen LogP contribution in [0.2, 0.25) is 0 Å². The molecule has 0 fully saturated rings. The molecule has 0 amide bonds. The minimum Gasteiger partial charge on any atom is -0.358 e. The van der Waals surface area contributed by atoms with Crippen molar-refractivity contribution in [3.05, 3.63) is 35.3 Å². The molecule has 0 radical (unpaired) electrons. The molecule has 1 aromatic carbocycles. The Hall–Kier alpha value is -1.35. The highest BCUT2D eigenvalue weighted by atomic mass is 19.1. The van der Waals surface area contributed by atoms with E-state index in [1.54, 1.807) is 12.1 Å². The standard InChI is InChI=1S/C12H13FN2/c13-7-1-4-11-10(5-7)9-3-2-8(14)6-12(9)15-11/h1,4-5,8,15H,2-3,6,14H2/t8-/m1/s1. The van der Waals surface area contributed by atoms with Gasteiger partial charge in [-0.3, -0.25) is 0 Å². The van der Waals surface area contributed by atoms with Crippen LogP contribution >= 0.6 is 0 Å². The largest absolute Gasteiger partial charge is 0.358 e. The van der Waals surface area contributed by atoms with Gasteiger partial charge in [-0.1, -0.05) is 0 Å². The monoisotopic (exact) mass is 204 g/mol. The normalized spacial score (nSPS) is 20.5. The topological polar surface area (TPSA) is 41.8 Å². The number of benzene rings is 1. The zero-order chi connectivity index (χ0) is 10.4. The third kappa shape index (κ3) is 1.35. The molecule has 0 bridgehead atoms. The van der Waals surface area contributed by atoms with Gasteiger partial charge in [0.05, 0.1) is 0 Å². The number of aromatic amines is 1. The number of hydrogen-bond acceptors (Lipinski definition) is 1. The third-order valence-electron chi connectivity index (χ3n) is 3.19. The minimum atomic E-state index is -0.167. The van der Waals surface area contributed by atoms with Crippen molar-refractivity contribution in [1.29, 1.82) is 0 Å². The maximum absolute atomic E-state index is 13.1. The highest BCUT2D eigenvalue weighted by Crippen LogP contribution is 2.28. The van der Waals surface area contributed by atoms with Gasteiger partial charge in [-0.15, -0.1) is 0 Å². The summed E-state index contributed by atoms with van der Waals surface area (Å²) in [6.07, 6.45) is 2.84. The molecule has 1 heterocycles. The predicted molar refractivity (Wildman–Crippen MR) is 58.3 cm³/mol. The summed E-state index contributed by atoms with van der Waals surface area (Å²) in [5, 5.41) is 1.02. The summed E-state index contributed by atoms with van der Waals surface area (Å²) >= 11 is 0. The van der Waals surface area contributed by atoms with Crippen molar-refractivity contribution >= 4 is 10.9 Å². The van der Waals surface area contributed by atoms with E-state index in [-0.39, 0.29) is 11.9 Å². The molecular formula is C12H13FN2. The van der Waals surface area contributed by atoms with Crippen LogP contribution in [0.25, 0.3) is 10.9 Å². The Morgan fingerprint density at radius 3 is 3.13 bits per heavy atom. The number of fused-ring (bicyclic) bond motifs is 3. The molecule has 3 N–H and O–H groups in total. The van der Waals surface area contributed by atoms with Crippen LogP contribution in [0.5, 0.6) is 0 Å². The van der Waals surface area contributed by atoms with Crippen LogP contribution in [0.4, 0.5) is 4.39 Å². The van der Waals surface area contributed by atoms with Crippen molar-refractivity contribution in [1.82, 2.24) is 4.98 Å². The average Bonchev–Trinajstić information content (AvgIpc) is 2.54. The lowest BCUT2D eigenvalue weighted by atomic mass is 9.92. The molecule has 0 saturated heterocycles. The van der Waals surface area contributed by atoms with Crippen LogP contribution in [-0.4, -0.2) is 11.0 Å². The molecule has 0 saturated carbocycles. The maximum atomic E-state index is 13.1. The number of H-pyrrole nitrogens is 1. The molecule has 3 rings (SSSR count). The Kier molecular flexibility index (Phi) is 1.83. The van der Waals surface area contributed by atoms with Crippen molar-refractivity contribution < 1.29 is 4.39 Å². The van der Waals surface area contributed by atoms with Crippen LogP contribution in [0, 0.1) is 5.82 Å². The van der Waals surface area contributed by atoms with Gasteiger partial charge in [-0.05, 0) is 36.6 Å². The van der Waals surface area contributed by atoms with E-state index >= 15 is 0 Å². The first kappa shape index (κ1) is 8.92. The molecule has 1 aliphatic carbocycles. The highest BCUT2D eigenvalue weighted by Gasteiger charge is 2.19. The van der Waals surface area contributed by atoms with Gasteiger partial charge in [-0.2, -0.15) is 0 Å². The lowest BCUT2D eigenvalue weighted by molar-refractivity contribution is 0.572. The summed E-state index contributed by atoms with van der Waals surface area (Å²) in [5.41, 5.74) is 9.38. The fourth-order valence-electron chi connectivity index (χ4n) is 2.43. The molecule has 78 valence electrons. The maximum Gasteiger partial charge on any atom is 0.123 e. The number of halogens is 1. The van der Waals surface area contributed by atoms with E-state index in [0.717, 1.165) is 30.2 Å². The third-order valence-corrected chi connectivity index (χ3v) is 3.19. The second kappa shape index (κ2) is 3.07. The quantitative estimate of drug-likeness (QED) is 0.678. The van der Waals surface area contributed by atoms with E-state index in [2.05, 4.69) is 4.98 Å². The number of hydrogen-bond donors (Lipinski definition) is 2. The highest BCUT2D eigenvalue weighted by molar-refractivity contribution is 5.85. The Morgan fingerprint density at radius 2 is 2.27 bits per heavy atom. The van der Waals surface area contributed by atoms with Crippen molar-refractivity contribution in [3.8, 4) is 0 Å². The van der Waals surface area contributed by atoms with E-state index in [0.29, 0.717) is 0 Å². The molecule has 1 atom stereocenters. The fourth-order valence-corrected chi connectivity index (χ4v) is 2.43. The fraction of sp³-hybridized carbons (Fsp3) is 0.333. The summed E-state index contributed by atoms with van der Waals surface area (Å²) in [7, 11) is 0. The van der Waals surface area contributed by atoms with Gasteiger partial charge >= 0.3 is 0 Å². The summed E-state index contributed by atoms with van der Waals surface area (Å²) in [4.78, 5) is 3.33. The van der Waals surface area contributed by atoms with E-state index in [1.807, 2.05) is 0 Å².